The fraction of sp³-hybridized carbons (Fsp3) is 0.875. The molecule has 1 heterocycles. The summed E-state index contributed by atoms with van der Waals surface area (Å²) in [5.74, 6) is -0.475. The molecular formula is C8H14N4O5. The van der Waals surface area contributed by atoms with E-state index in [1.54, 1.807) is 0 Å². The molecule has 4 unspecified atom stereocenters. The van der Waals surface area contributed by atoms with E-state index in [0.717, 1.165) is 0 Å². The summed E-state index contributed by atoms with van der Waals surface area (Å²) in [7, 11) is 0. The Bertz CT molecular complexity index is 332. The summed E-state index contributed by atoms with van der Waals surface area (Å²) >= 11 is 0. The van der Waals surface area contributed by atoms with Crippen molar-refractivity contribution in [1.82, 2.24) is 5.32 Å². The van der Waals surface area contributed by atoms with E-state index in [0.29, 0.717) is 0 Å². The summed E-state index contributed by atoms with van der Waals surface area (Å²) in [6, 6.07) is -1.12. The molecule has 4 N–H and O–H groups in total. The molecule has 0 aromatic carbocycles. The van der Waals surface area contributed by atoms with Crippen LogP contribution in [0.25, 0.3) is 10.4 Å². The average molecular weight is 246 g/mol. The maximum atomic E-state index is 10.8. The second-order valence-corrected chi connectivity index (χ2v) is 3.69. The number of hydrogen-bond acceptors (Lipinski definition) is 6. The van der Waals surface area contributed by atoms with Crippen LogP contribution < -0.4 is 5.32 Å². The minimum Gasteiger partial charge on any atom is -0.388 e. The van der Waals surface area contributed by atoms with Crippen molar-refractivity contribution in [3.63, 3.8) is 0 Å². The molecular weight excluding hydrogens is 232 g/mol. The van der Waals surface area contributed by atoms with Gasteiger partial charge in [0.05, 0.1) is 12.6 Å². The van der Waals surface area contributed by atoms with Crippen LogP contribution >= 0.6 is 0 Å². The number of nitrogens with one attached hydrogen (secondary N) is 1. The largest absolute Gasteiger partial charge is 0.388 e. The Hall–Kier alpha value is -1.38. The van der Waals surface area contributed by atoms with Crippen molar-refractivity contribution in [1.29, 1.82) is 0 Å². The van der Waals surface area contributed by atoms with E-state index in [4.69, 9.17) is 10.3 Å². The number of aliphatic hydroxyl groups excluding tert-OH is 3. The molecule has 96 valence electrons. The molecule has 1 rings (SSSR count). The summed E-state index contributed by atoms with van der Waals surface area (Å²) in [4.78, 5) is 13.3. The fourth-order valence-corrected chi connectivity index (χ4v) is 1.60. The summed E-state index contributed by atoms with van der Waals surface area (Å²) in [5, 5.41) is 34.3. The van der Waals surface area contributed by atoms with Gasteiger partial charge in [-0.1, -0.05) is 5.11 Å². The first-order chi connectivity index (χ1) is 7.97. The standard InChI is InChI=1S/C8H14N4O5/c1-3(13)11-5-7(15)6(14)4(2-10-12-9)17-8(5)16/h4-8,14-16H,2H2,1H3,(H,11,13)/t4?,5?,6-,7?,8?/m1/s1. The Morgan fingerprint density at radius 2 is 2.12 bits per heavy atom. The first kappa shape index (κ1) is 13.7. The lowest BCUT2D eigenvalue weighted by molar-refractivity contribution is -0.244. The number of carbonyl (C=O) groups is 1. The van der Waals surface area contributed by atoms with Crippen LogP contribution in [0.15, 0.2) is 5.11 Å². The van der Waals surface area contributed by atoms with Crippen LogP contribution in [0.1, 0.15) is 6.92 Å². The molecule has 9 heteroatoms. The lowest BCUT2D eigenvalue weighted by Gasteiger charge is -2.40. The van der Waals surface area contributed by atoms with Crippen molar-refractivity contribution >= 4 is 5.91 Å². The molecule has 1 saturated heterocycles. The van der Waals surface area contributed by atoms with Crippen molar-refractivity contribution < 1.29 is 24.9 Å². The van der Waals surface area contributed by atoms with Gasteiger partial charge in [0.25, 0.3) is 0 Å². The summed E-state index contributed by atoms with van der Waals surface area (Å²) < 4.78 is 4.95. The number of amides is 1. The van der Waals surface area contributed by atoms with E-state index in [1.807, 2.05) is 0 Å². The highest BCUT2D eigenvalue weighted by Crippen LogP contribution is 2.20. The smallest absolute Gasteiger partial charge is 0.217 e. The zero-order chi connectivity index (χ0) is 13.0. The number of azide groups is 1. The SMILES string of the molecule is CC(=O)NC1C(O)OC(CN=[N+]=[N-])[C@@H](O)C1O. The Balaban J connectivity index is 2.71. The van der Waals surface area contributed by atoms with Gasteiger partial charge in [0.15, 0.2) is 6.29 Å². The van der Waals surface area contributed by atoms with E-state index >= 15 is 0 Å². The Labute approximate surface area is 96.6 Å². The van der Waals surface area contributed by atoms with Crippen LogP contribution in [0.5, 0.6) is 0 Å². The number of ether oxygens (including phenoxy) is 1. The molecule has 1 aliphatic rings. The molecule has 0 saturated carbocycles. The molecule has 0 aromatic heterocycles. The first-order valence-corrected chi connectivity index (χ1v) is 4.95. The predicted octanol–water partition coefficient (Wildman–Crippen LogP) is -1.76. The van der Waals surface area contributed by atoms with Crippen LogP contribution in [0.3, 0.4) is 0 Å². The van der Waals surface area contributed by atoms with Crippen LogP contribution in [-0.2, 0) is 9.53 Å². The maximum Gasteiger partial charge on any atom is 0.217 e. The highest BCUT2D eigenvalue weighted by Gasteiger charge is 2.43. The van der Waals surface area contributed by atoms with E-state index in [1.165, 1.54) is 6.92 Å². The van der Waals surface area contributed by atoms with Gasteiger partial charge < -0.3 is 25.4 Å². The lowest BCUT2D eigenvalue weighted by Crippen LogP contribution is -2.63. The molecule has 1 fully saturated rings. The van der Waals surface area contributed by atoms with Crippen molar-refractivity contribution in [2.75, 3.05) is 6.54 Å². The average Bonchev–Trinajstić information content (AvgIpc) is 2.27. The van der Waals surface area contributed by atoms with Gasteiger partial charge >= 0.3 is 0 Å². The number of rotatable bonds is 3. The van der Waals surface area contributed by atoms with Gasteiger partial charge in [0.1, 0.15) is 18.2 Å². The zero-order valence-electron chi connectivity index (χ0n) is 9.09. The minimum absolute atomic E-state index is 0.224. The van der Waals surface area contributed by atoms with E-state index in [9.17, 15) is 20.1 Å². The van der Waals surface area contributed by atoms with Gasteiger partial charge in [-0.25, -0.2) is 0 Å². The molecule has 1 aliphatic heterocycles. The second kappa shape index (κ2) is 5.80. The van der Waals surface area contributed by atoms with E-state index < -0.39 is 36.6 Å². The Morgan fingerprint density at radius 3 is 2.65 bits per heavy atom. The molecule has 5 atom stereocenters. The zero-order valence-corrected chi connectivity index (χ0v) is 9.09. The highest BCUT2D eigenvalue weighted by atomic mass is 16.6. The van der Waals surface area contributed by atoms with Gasteiger partial charge in [-0.15, -0.1) is 0 Å². The number of hydrogen-bond donors (Lipinski definition) is 4. The monoisotopic (exact) mass is 246 g/mol. The molecule has 0 bridgehead atoms. The second-order valence-electron chi connectivity index (χ2n) is 3.69. The molecule has 0 aromatic rings. The summed E-state index contributed by atoms with van der Waals surface area (Å²) in [6.07, 6.45) is -5.25. The van der Waals surface area contributed by atoms with Crippen LogP contribution in [0.4, 0.5) is 0 Å². The third kappa shape index (κ3) is 3.29. The summed E-state index contributed by atoms with van der Waals surface area (Å²) in [6.45, 7) is 0.983. The lowest BCUT2D eigenvalue weighted by atomic mass is 9.97. The van der Waals surface area contributed by atoms with Crippen LogP contribution in [0, 0.1) is 0 Å². The minimum atomic E-state index is -1.48. The van der Waals surface area contributed by atoms with Crippen LogP contribution in [-0.4, -0.2) is 58.4 Å². The third-order valence-electron chi connectivity index (χ3n) is 2.41. The van der Waals surface area contributed by atoms with Crippen LogP contribution in [0.2, 0.25) is 0 Å². The summed E-state index contributed by atoms with van der Waals surface area (Å²) in [5.41, 5.74) is 8.13. The van der Waals surface area contributed by atoms with Crippen molar-refractivity contribution in [2.45, 2.75) is 37.6 Å². The molecule has 0 radical (unpaired) electrons. The van der Waals surface area contributed by atoms with Gasteiger partial charge in [-0.2, -0.15) is 0 Å². The quantitative estimate of drug-likeness (QED) is 0.264. The Morgan fingerprint density at radius 1 is 1.47 bits per heavy atom. The maximum absolute atomic E-state index is 10.8. The predicted molar refractivity (Wildman–Crippen MR) is 54.5 cm³/mol. The number of nitrogens with zero attached hydrogens (tertiary/aromatic N) is 3. The highest BCUT2D eigenvalue weighted by molar-refractivity contribution is 5.73. The van der Waals surface area contributed by atoms with Gasteiger partial charge in [-0.05, 0) is 5.53 Å². The van der Waals surface area contributed by atoms with Crippen molar-refractivity contribution in [3.8, 4) is 0 Å². The molecule has 0 spiro atoms. The van der Waals surface area contributed by atoms with Gasteiger partial charge in [0, 0.05) is 11.8 Å². The van der Waals surface area contributed by atoms with Crippen molar-refractivity contribution in [2.24, 2.45) is 5.11 Å². The molecule has 17 heavy (non-hydrogen) atoms. The number of carbonyl (C=O) groups excluding carboxylic acids is 1. The molecule has 0 aliphatic carbocycles. The first-order valence-electron chi connectivity index (χ1n) is 4.95. The Kier molecular flexibility index (Phi) is 4.67. The third-order valence-corrected chi connectivity index (χ3v) is 2.41. The van der Waals surface area contributed by atoms with Crippen molar-refractivity contribution in [3.05, 3.63) is 10.4 Å². The fourth-order valence-electron chi connectivity index (χ4n) is 1.60. The normalized spacial score (nSPS) is 37.1. The number of aliphatic hydroxyl groups is 3. The van der Waals surface area contributed by atoms with E-state index in [-0.39, 0.29) is 6.54 Å². The molecule has 9 nitrogen and oxygen atoms in total. The van der Waals surface area contributed by atoms with Gasteiger partial charge in [-0.3, -0.25) is 4.79 Å². The topological polar surface area (TPSA) is 148 Å². The van der Waals surface area contributed by atoms with Gasteiger partial charge in [0.2, 0.25) is 5.91 Å². The molecule has 1 amide bonds. The van der Waals surface area contributed by atoms with E-state index in [2.05, 4.69) is 15.3 Å².